The molecule has 0 fully saturated rings. The van der Waals surface area contributed by atoms with Crippen molar-refractivity contribution >= 4 is 13.3 Å². The van der Waals surface area contributed by atoms with E-state index < -0.39 is 19.0 Å². The molecule has 1 rings (SSSR count). The summed E-state index contributed by atoms with van der Waals surface area (Å²) in [5.41, 5.74) is -0.221. The van der Waals surface area contributed by atoms with Crippen molar-refractivity contribution in [2.24, 2.45) is 0 Å². The molecule has 6 nitrogen and oxygen atoms in total. The van der Waals surface area contributed by atoms with Crippen molar-refractivity contribution in [3.8, 4) is 0 Å². The number of hydrogen-bond donors (Lipinski definition) is 1. The summed E-state index contributed by atoms with van der Waals surface area (Å²) in [6.07, 6.45) is 5.74. The lowest BCUT2D eigenvalue weighted by Crippen LogP contribution is -2.24. The van der Waals surface area contributed by atoms with Gasteiger partial charge in [-0.1, -0.05) is 26.7 Å². The van der Waals surface area contributed by atoms with Gasteiger partial charge in [0.15, 0.2) is 5.89 Å². The standard InChI is InChI=1S/C17H30NO5P/c1-5-8-10-13-14(11-9-6-2)23-16(18-13)12-15(17(19)20)24(4,21)22-7-3/h15H,5-12H2,1-4H3,(H,19,20). The Hall–Kier alpha value is -1.13. The molecule has 0 aliphatic carbocycles. The summed E-state index contributed by atoms with van der Waals surface area (Å²) in [7, 11) is -3.27. The second-order valence-electron chi connectivity index (χ2n) is 6.07. The summed E-state index contributed by atoms with van der Waals surface area (Å²) in [6.45, 7) is 7.51. The average Bonchev–Trinajstić information content (AvgIpc) is 2.90. The summed E-state index contributed by atoms with van der Waals surface area (Å²) in [5, 5.41) is 9.43. The van der Waals surface area contributed by atoms with Gasteiger partial charge >= 0.3 is 5.97 Å². The van der Waals surface area contributed by atoms with Crippen LogP contribution in [0.1, 0.15) is 63.8 Å². The second kappa shape index (κ2) is 10.00. The molecule has 1 aromatic rings. The molecular weight excluding hydrogens is 329 g/mol. The van der Waals surface area contributed by atoms with E-state index >= 15 is 0 Å². The van der Waals surface area contributed by atoms with Crippen LogP contribution in [0.25, 0.3) is 0 Å². The summed E-state index contributed by atoms with van der Waals surface area (Å²) in [5.74, 6) is 0.0471. The van der Waals surface area contributed by atoms with Gasteiger partial charge in [0.05, 0.1) is 12.3 Å². The van der Waals surface area contributed by atoms with Crippen LogP contribution in [0.15, 0.2) is 4.42 Å². The van der Waals surface area contributed by atoms with E-state index in [0.29, 0.717) is 5.89 Å². The number of aromatic nitrogens is 1. The fraction of sp³-hybridized carbons (Fsp3) is 0.765. The molecule has 0 bridgehead atoms. The van der Waals surface area contributed by atoms with Gasteiger partial charge in [-0.15, -0.1) is 0 Å². The van der Waals surface area contributed by atoms with E-state index in [1.165, 1.54) is 6.66 Å². The zero-order chi connectivity index (χ0) is 18.2. The zero-order valence-electron chi connectivity index (χ0n) is 15.2. The number of aryl methyl sites for hydroxylation is 2. The Kier molecular flexibility index (Phi) is 8.71. The molecule has 1 N–H and O–H groups in total. The monoisotopic (exact) mass is 359 g/mol. The molecule has 7 heteroatoms. The molecule has 0 aromatic carbocycles. The molecule has 138 valence electrons. The highest BCUT2D eigenvalue weighted by atomic mass is 31.2. The summed E-state index contributed by atoms with van der Waals surface area (Å²) in [6, 6.07) is 0. The highest BCUT2D eigenvalue weighted by Gasteiger charge is 2.37. The lowest BCUT2D eigenvalue weighted by atomic mass is 10.1. The van der Waals surface area contributed by atoms with Gasteiger partial charge in [-0.05, 0) is 26.2 Å². The third-order valence-corrected chi connectivity index (χ3v) is 6.26. The van der Waals surface area contributed by atoms with Crippen LogP contribution in [0.2, 0.25) is 0 Å². The lowest BCUT2D eigenvalue weighted by Gasteiger charge is -2.19. The van der Waals surface area contributed by atoms with E-state index in [0.717, 1.165) is 50.0 Å². The Labute approximate surface area is 144 Å². The average molecular weight is 359 g/mol. The van der Waals surface area contributed by atoms with Crippen molar-refractivity contribution in [2.75, 3.05) is 13.3 Å². The molecule has 0 amide bonds. The minimum atomic E-state index is -3.27. The van der Waals surface area contributed by atoms with Crippen LogP contribution in [0.4, 0.5) is 0 Å². The van der Waals surface area contributed by atoms with Gasteiger partial charge in [0.25, 0.3) is 0 Å². The molecule has 2 atom stereocenters. The van der Waals surface area contributed by atoms with Crippen LogP contribution in [0.3, 0.4) is 0 Å². The number of carbonyl (C=O) groups is 1. The van der Waals surface area contributed by atoms with E-state index in [1.807, 2.05) is 0 Å². The largest absolute Gasteiger partial charge is 0.481 e. The highest BCUT2D eigenvalue weighted by molar-refractivity contribution is 7.59. The van der Waals surface area contributed by atoms with Crippen LogP contribution in [0.5, 0.6) is 0 Å². The first-order valence-corrected chi connectivity index (χ1v) is 10.9. The van der Waals surface area contributed by atoms with Gasteiger partial charge in [-0.3, -0.25) is 9.36 Å². The van der Waals surface area contributed by atoms with Crippen molar-refractivity contribution < 1.29 is 23.4 Å². The Balaban J connectivity index is 3.00. The van der Waals surface area contributed by atoms with E-state index in [9.17, 15) is 14.5 Å². The number of aliphatic carboxylic acids is 1. The van der Waals surface area contributed by atoms with Gasteiger partial charge in [0.1, 0.15) is 11.4 Å². The number of unbranched alkanes of at least 4 members (excludes halogenated alkanes) is 2. The first-order valence-electron chi connectivity index (χ1n) is 8.77. The number of hydrogen-bond acceptors (Lipinski definition) is 5. The van der Waals surface area contributed by atoms with Crippen LogP contribution >= 0.6 is 7.37 Å². The Morgan fingerprint density at radius 2 is 1.88 bits per heavy atom. The maximum Gasteiger partial charge on any atom is 0.316 e. The molecule has 0 aliphatic heterocycles. The number of carboxylic acid groups (broad SMARTS) is 1. The molecular formula is C17H30NO5P. The van der Waals surface area contributed by atoms with Crippen LogP contribution in [0, 0.1) is 0 Å². The Morgan fingerprint density at radius 3 is 2.42 bits per heavy atom. The van der Waals surface area contributed by atoms with Gasteiger partial charge in [0, 0.05) is 19.5 Å². The smallest absolute Gasteiger partial charge is 0.316 e. The van der Waals surface area contributed by atoms with Crippen molar-refractivity contribution in [1.29, 1.82) is 0 Å². The quantitative estimate of drug-likeness (QED) is 0.560. The number of nitrogens with zero attached hydrogens (tertiary/aromatic N) is 1. The molecule has 0 saturated carbocycles. The Bertz CT molecular complexity index is 544. The second-order valence-corrected chi connectivity index (χ2v) is 8.77. The highest BCUT2D eigenvalue weighted by Crippen LogP contribution is 2.49. The molecule has 1 aromatic heterocycles. The molecule has 0 saturated heterocycles. The van der Waals surface area contributed by atoms with E-state index in [4.69, 9.17) is 8.94 Å². The SMILES string of the molecule is CCCCc1nc(CC(C(=O)O)P(C)(=O)OCC)oc1CCCC. The molecule has 24 heavy (non-hydrogen) atoms. The molecule has 0 aliphatic rings. The Morgan fingerprint density at radius 1 is 1.25 bits per heavy atom. The minimum absolute atomic E-state index is 0.00559. The van der Waals surface area contributed by atoms with Crippen molar-refractivity contribution in [1.82, 2.24) is 4.98 Å². The van der Waals surface area contributed by atoms with Crippen molar-refractivity contribution in [2.45, 2.75) is 71.4 Å². The van der Waals surface area contributed by atoms with Gasteiger partial charge in [0.2, 0.25) is 7.37 Å². The third kappa shape index (κ3) is 6.06. The fourth-order valence-electron chi connectivity index (χ4n) is 2.56. The fourth-order valence-corrected chi connectivity index (χ4v) is 4.14. The normalized spacial score (nSPS) is 15.2. The summed E-state index contributed by atoms with van der Waals surface area (Å²) in [4.78, 5) is 16.0. The lowest BCUT2D eigenvalue weighted by molar-refractivity contribution is -0.136. The minimum Gasteiger partial charge on any atom is -0.481 e. The van der Waals surface area contributed by atoms with Crippen molar-refractivity contribution in [3.05, 3.63) is 17.3 Å². The van der Waals surface area contributed by atoms with Crippen LogP contribution in [-0.2, 0) is 33.1 Å². The molecule has 0 radical (unpaired) electrons. The number of oxazole rings is 1. The molecule has 2 unspecified atom stereocenters. The first kappa shape index (κ1) is 20.9. The van der Waals surface area contributed by atoms with Gasteiger partial charge in [-0.25, -0.2) is 4.98 Å². The van der Waals surface area contributed by atoms with Crippen molar-refractivity contribution in [3.63, 3.8) is 0 Å². The topological polar surface area (TPSA) is 89.6 Å². The first-order chi connectivity index (χ1) is 11.4. The van der Waals surface area contributed by atoms with Gasteiger partial charge in [-0.2, -0.15) is 0 Å². The summed E-state index contributed by atoms with van der Waals surface area (Å²) >= 11 is 0. The predicted molar refractivity (Wildman–Crippen MR) is 94.0 cm³/mol. The third-order valence-electron chi connectivity index (χ3n) is 3.95. The van der Waals surface area contributed by atoms with Gasteiger partial charge < -0.3 is 14.0 Å². The molecule has 1 heterocycles. The van der Waals surface area contributed by atoms with E-state index in [-0.39, 0.29) is 13.0 Å². The number of rotatable bonds is 12. The summed E-state index contributed by atoms with van der Waals surface area (Å²) < 4.78 is 23.5. The van der Waals surface area contributed by atoms with Crippen LogP contribution < -0.4 is 0 Å². The predicted octanol–water partition coefficient (Wildman–Crippen LogP) is 4.30. The number of carboxylic acids is 1. The maximum atomic E-state index is 12.5. The molecule has 0 spiro atoms. The zero-order valence-corrected chi connectivity index (χ0v) is 16.1. The van der Waals surface area contributed by atoms with Crippen LogP contribution in [-0.4, -0.2) is 35.0 Å². The van der Waals surface area contributed by atoms with E-state index in [1.54, 1.807) is 6.92 Å². The van der Waals surface area contributed by atoms with E-state index in [2.05, 4.69) is 18.8 Å². The maximum absolute atomic E-state index is 12.5.